The van der Waals surface area contributed by atoms with E-state index in [1.54, 1.807) is 24.3 Å². The minimum absolute atomic E-state index is 0.233. The van der Waals surface area contributed by atoms with E-state index in [2.05, 4.69) is 0 Å². The maximum absolute atomic E-state index is 11.1. The molecule has 0 aliphatic heterocycles. The van der Waals surface area contributed by atoms with Crippen LogP contribution in [-0.2, 0) is 10.5 Å². The van der Waals surface area contributed by atoms with Gasteiger partial charge in [-0.25, -0.2) is 9.59 Å². The fourth-order valence-corrected chi connectivity index (χ4v) is 2.70. The van der Waals surface area contributed by atoms with Crippen molar-refractivity contribution in [3.63, 3.8) is 0 Å². The highest BCUT2D eigenvalue weighted by atomic mass is 32.2. The Hall–Kier alpha value is -2.47. The second kappa shape index (κ2) is 6.81. The fourth-order valence-electron chi connectivity index (χ4n) is 1.69. The van der Waals surface area contributed by atoms with Gasteiger partial charge in [-0.2, -0.15) is 0 Å². The van der Waals surface area contributed by atoms with Gasteiger partial charge in [0.15, 0.2) is 0 Å². The average molecular weight is 304 g/mol. The lowest BCUT2D eigenvalue weighted by Crippen LogP contribution is -1.98. The van der Waals surface area contributed by atoms with Crippen molar-refractivity contribution in [1.82, 2.24) is 0 Å². The molecule has 2 rings (SSSR count). The molecule has 0 atom stereocenters. The number of hydrogen-bond acceptors (Lipinski definition) is 4. The highest BCUT2D eigenvalue weighted by molar-refractivity contribution is 7.98. The van der Waals surface area contributed by atoms with Crippen molar-refractivity contribution in [2.24, 2.45) is 0 Å². The summed E-state index contributed by atoms with van der Waals surface area (Å²) >= 11 is 1.33. The van der Waals surface area contributed by atoms with Gasteiger partial charge in [0.1, 0.15) is 5.76 Å². The number of carboxylic acids is 2. The summed E-state index contributed by atoms with van der Waals surface area (Å²) in [4.78, 5) is 22.3. The zero-order valence-corrected chi connectivity index (χ0v) is 11.7. The molecule has 1 heterocycles. The van der Waals surface area contributed by atoms with E-state index in [1.807, 2.05) is 0 Å². The molecule has 0 spiro atoms. The third-order valence-corrected chi connectivity index (χ3v) is 3.74. The van der Waals surface area contributed by atoms with E-state index in [-0.39, 0.29) is 5.56 Å². The largest absolute Gasteiger partial charge is 0.478 e. The molecule has 0 aliphatic carbocycles. The molecule has 0 fully saturated rings. The van der Waals surface area contributed by atoms with Crippen molar-refractivity contribution in [3.8, 4) is 0 Å². The Morgan fingerprint density at radius 1 is 1.19 bits per heavy atom. The van der Waals surface area contributed by atoms with E-state index in [0.717, 1.165) is 6.08 Å². The van der Waals surface area contributed by atoms with Crippen LogP contribution in [0.1, 0.15) is 21.7 Å². The van der Waals surface area contributed by atoms with Gasteiger partial charge in [-0.05, 0) is 24.3 Å². The molecular weight excluding hydrogens is 292 g/mol. The van der Waals surface area contributed by atoms with Crippen LogP contribution in [0.4, 0.5) is 0 Å². The van der Waals surface area contributed by atoms with Gasteiger partial charge in [0.05, 0.1) is 17.6 Å². The van der Waals surface area contributed by atoms with Crippen LogP contribution < -0.4 is 0 Å². The van der Waals surface area contributed by atoms with Crippen LogP contribution in [-0.4, -0.2) is 22.2 Å². The summed E-state index contributed by atoms with van der Waals surface area (Å²) in [5.74, 6) is -1.01. The first kappa shape index (κ1) is 14.9. The molecule has 108 valence electrons. The van der Waals surface area contributed by atoms with Crippen molar-refractivity contribution in [3.05, 3.63) is 59.6 Å². The molecule has 0 saturated carbocycles. The molecule has 1 aromatic carbocycles. The number of hydrogen-bond donors (Lipinski definition) is 2. The zero-order valence-electron chi connectivity index (χ0n) is 10.9. The Kier molecular flexibility index (Phi) is 4.84. The quantitative estimate of drug-likeness (QED) is 0.628. The summed E-state index contributed by atoms with van der Waals surface area (Å²) in [6.45, 7) is 0. The lowest BCUT2D eigenvalue weighted by molar-refractivity contribution is -0.131. The average Bonchev–Trinajstić information content (AvgIpc) is 2.90. The molecular formula is C15H12O5S. The van der Waals surface area contributed by atoms with Crippen LogP contribution in [0.15, 0.2) is 52.0 Å². The number of benzene rings is 1. The molecule has 0 radical (unpaired) electrons. The van der Waals surface area contributed by atoms with E-state index in [0.29, 0.717) is 22.0 Å². The van der Waals surface area contributed by atoms with E-state index in [4.69, 9.17) is 14.6 Å². The number of furan rings is 1. The van der Waals surface area contributed by atoms with E-state index < -0.39 is 11.9 Å². The Balaban J connectivity index is 2.13. The van der Waals surface area contributed by atoms with Gasteiger partial charge in [-0.15, -0.1) is 11.8 Å². The van der Waals surface area contributed by atoms with Gasteiger partial charge in [0, 0.05) is 16.5 Å². The van der Waals surface area contributed by atoms with Gasteiger partial charge >= 0.3 is 11.9 Å². The molecule has 0 aliphatic rings. The van der Waals surface area contributed by atoms with E-state index in [9.17, 15) is 9.59 Å². The van der Waals surface area contributed by atoms with Crippen LogP contribution in [0.25, 0.3) is 6.08 Å². The predicted octanol–water partition coefficient (Wildman–Crippen LogP) is 3.37. The minimum Gasteiger partial charge on any atom is -0.478 e. The van der Waals surface area contributed by atoms with Crippen LogP contribution in [0.2, 0.25) is 0 Å². The number of thioether (sulfide) groups is 1. The van der Waals surface area contributed by atoms with E-state index in [1.165, 1.54) is 30.2 Å². The van der Waals surface area contributed by atoms with Gasteiger partial charge in [-0.3, -0.25) is 0 Å². The summed E-state index contributed by atoms with van der Waals surface area (Å²) in [7, 11) is 0. The topological polar surface area (TPSA) is 87.7 Å². The number of aromatic carboxylic acids is 1. The molecule has 2 N–H and O–H groups in total. The van der Waals surface area contributed by atoms with Crippen molar-refractivity contribution >= 4 is 29.8 Å². The molecule has 0 saturated heterocycles. The molecule has 6 heteroatoms. The second-order valence-corrected chi connectivity index (χ2v) is 5.08. The summed E-state index contributed by atoms with van der Waals surface area (Å²) in [5.41, 5.74) is 0.898. The van der Waals surface area contributed by atoms with Crippen molar-refractivity contribution in [2.45, 2.75) is 10.6 Å². The maximum atomic E-state index is 11.1. The van der Waals surface area contributed by atoms with Crippen LogP contribution in [0.3, 0.4) is 0 Å². The second-order valence-electron chi connectivity index (χ2n) is 4.06. The maximum Gasteiger partial charge on any atom is 0.336 e. The van der Waals surface area contributed by atoms with Crippen molar-refractivity contribution in [2.75, 3.05) is 0 Å². The van der Waals surface area contributed by atoms with Crippen molar-refractivity contribution in [1.29, 1.82) is 0 Å². The highest BCUT2D eigenvalue weighted by Crippen LogP contribution is 2.28. The molecule has 21 heavy (non-hydrogen) atoms. The fraction of sp³-hybridized carbons (Fsp3) is 0.0667. The minimum atomic E-state index is -1.04. The molecule has 1 aromatic heterocycles. The van der Waals surface area contributed by atoms with Crippen molar-refractivity contribution < 1.29 is 24.2 Å². The Morgan fingerprint density at radius 3 is 2.67 bits per heavy atom. The van der Waals surface area contributed by atoms with Gasteiger partial charge in [0.2, 0.25) is 0 Å². The SMILES string of the molecule is O=C(O)/C=C/c1ccoc1CSc1ccccc1C(=O)O. The lowest BCUT2D eigenvalue weighted by atomic mass is 10.2. The van der Waals surface area contributed by atoms with Gasteiger partial charge < -0.3 is 14.6 Å². The zero-order chi connectivity index (χ0) is 15.2. The lowest BCUT2D eigenvalue weighted by Gasteiger charge is -2.04. The highest BCUT2D eigenvalue weighted by Gasteiger charge is 2.11. The first-order valence-electron chi connectivity index (χ1n) is 6.00. The summed E-state index contributed by atoms with van der Waals surface area (Å²) < 4.78 is 5.31. The van der Waals surface area contributed by atoms with Crippen LogP contribution >= 0.6 is 11.8 Å². The Labute approximate surface area is 124 Å². The first-order valence-corrected chi connectivity index (χ1v) is 6.99. The summed E-state index contributed by atoms with van der Waals surface area (Å²) in [6, 6.07) is 8.36. The van der Waals surface area contributed by atoms with Gasteiger partial charge in [0.25, 0.3) is 0 Å². The smallest absolute Gasteiger partial charge is 0.336 e. The number of rotatable bonds is 6. The predicted molar refractivity (Wildman–Crippen MR) is 78.3 cm³/mol. The molecule has 0 bridgehead atoms. The number of carbonyl (C=O) groups is 2. The van der Waals surface area contributed by atoms with Crippen LogP contribution in [0.5, 0.6) is 0 Å². The third kappa shape index (κ3) is 4.00. The third-order valence-electron chi connectivity index (χ3n) is 2.66. The number of aliphatic carboxylic acids is 1. The summed E-state index contributed by atoms with van der Waals surface area (Å²) in [5, 5.41) is 17.7. The molecule has 2 aromatic rings. The normalized spacial score (nSPS) is 10.9. The standard InChI is InChI=1S/C15H12O5S/c16-14(17)6-5-10-7-8-20-12(10)9-21-13-4-2-1-3-11(13)15(18)19/h1-8H,9H2,(H,16,17)(H,18,19)/b6-5+. The number of carboxylic acid groups (broad SMARTS) is 2. The first-order chi connectivity index (χ1) is 10.1. The molecule has 0 unspecified atom stereocenters. The Morgan fingerprint density at radius 2 is 1.95 bits per heavy atom. The van der Waals surface area contributed by atoms with Crippen LogP contribution in [0, 0.1) is 0 Å². The molecule has 0 amide bonds. The molecule has 5 nitrogen and oxygen atoms in total. The monoisotopic (exact) mass is 304 g/mol. The van der Waals surface area contributed by atoms with E-state index >= 15 is 0 Å². The van der Waals surface area contributed by atoms with Gasteiger partial charge in [-0.1, -0.05) is 12.1 Å². The summed E-state index contributed by atoms with van der Waals surface area (Å²) in [6.07, 6.45) is 3.95. The Bertz CT molecular complexity index is 687.